The van der Waals surface area contributed by atoms with Gasteiger partial charge in [0, 0.05) is 25.7 Å². The Kier molecular flexibility index (Phi) is 5.19. The fourth-order valence-corrected chi connectivity index (χ4v) is 2.62. The zero-order chi connectivity index (χ0) is 13.7. The highest BCUT2D eigenvalue weighted by molar-refractivity contribution is 5.77. The van der Waals surface area contributed by atoms with Crippen molar-refractivity contribution in [2.75, 3.05) is 39.3 Å². The maximum absolute atomic E-state index is 11.7. The van der Waals surface area contributed by atoms with Crippen molar-refractivity contribution in [3.05, 3.63) is 0 Å². The van der Waals surface area contributed by atoms with E-state index in [4.69, 9.17) is 4.74 Å². The lowest BCUT2D eigenvalue weighted by Crippen LogP contribution is -2.59. The number of hydrogen-bond acceptors (Lipinski definition) is 4. The SMILES string of the molecule is CC(CNC(=O)COC1(C)CNC1)N1CCCCC1. The molecule has 2 fully saturated rings. The molecule has 0 bridgehead atoms. The second kappa shape index (κ2) is 6.68. The Balaban J connectivity index is 1.59. The average molecular weight is 269 g/mol. The summed E-state index contributed by atoms with van der Waals surface area (Å²) in [7, 11) is 0. The summed E-state index contributed by atoms with van der Waals surface area (Å²) in [4.78, 5) is 14.2. The molecular formula is C14H27N3O2. The largest absolute Gasteiger partial charge is 0.363 e. The van der Waals surface area contributed by atoms with Gasteiger partial charge in [-0.15, -0.1) is 0 Å². The quantitative estimate of drug-likeness (QED) is 0.731. The summed E-state index contributed by atoms with van der Waals surface area (Å²) in [5.41, 5.74) is -0.143. The molecule has 5 heteroatoms. The summed E-state index contributed by atoms with van der Waals surface area (Å²) in [6, 6.07) is 0.421. The predicted molar refractivity (Wildman–Crippen MR) is 75.1 cm³/mol. The number of ether oxygens (including phenoxy) is 1. The molecule has 0 radical (unpaired) electrons. The molecule has 0 saturated carbocycles. The second-order valence-corrected chi connectivity index (χ2v) is 6.09. The van der Waals surface area contributed by atoms with Crippen LogP contribution in [0.4, 0.5) is 0 Å². The second-order valence-electron chi connectivity index (χ2n) is 6.09. The first kappa shape index (κ1) is 14.8. The third-order valence-corrected chi connectivity index (χ3v) is 4.16. The van der Waals surface area contributed by atoms with Gasteiger partial charge in [0.2, 0.25) is 5.91 Å². The van der Waals surface area contributed by atoms with Crippen molar-refractivity contribution >= 4 is 5.91 Å². The molecule has 0 aliphatic carbocycles. The lowest BCUT2D eigenvalue weighted by Gasteiger charge is -2.38. The van der Waals surface area contributed by atoms with Crippen LogP contribution >= 0.6 is 0 Å². The molecule has 2 saturated heterocycles. The van der Waals surface area contributed by atoms with E-state index < -0.39 is 0 Å². The van der Waals surface area contributed by atoms with Crippen LogP contribution in [0.5, 0.6) is 0 Å². The lowest BCUT2D eigenvalue weighted by molar-refractivity contribution is -0.136. The summed E-state index contributed by atoms with van der Waals surface area (Å²) in [5.74, 6) is -0.00279. The fraction of sp³-hybridized carbons (Fsp3) is 0.929. The van der Waals surface area contributed by atoms with Crippen LogP contribution in [0.25, 0.3) is 0 Å². The summed E-state index contributed by atoms with van der Waals surface area (Å²) >= 11 is 0. The minimum Gasteiger partial charge on any atom is -0.363 e. The van der Waals surface area contributed by atoms with Crippen LogP contribution in [0, 0.1) is 0 Å². The molecule has 0 aromatic rings. The van der Waals surface area contributed by atoms with Gasteiger partial charge >= 0.3 is 0 Å². The molecule has 2 rings (SSSR count). The number of hydrogen-bond donors (Lipinski definition) is 2. The Morgan fingerprint density at radius 2 is 2.05 bits per heavy atom. The number of likely N-dealkylation sites (tertiary alicyclic amines) is 1. The van der Waals surface area contributed by atoms with E-state index in [1.807, 2.05) is 6.92 Å². The Morgan fingerprint density at radius 3 is 2.63 bits per heavy atom. The van der Waals surface area contributed by atoms with Crippen LogP contribution in [-0.4, -0.2) is 61.8 Å². The molecule has 0 spiro atoms. The highest BCUT2D eigenvalue weighted by Crippen LogP contribution is 2.14. The zero-order valence-electron chi connectivity index (χ0n) is 12.2. The number of amides is 1. The van der Waals surface area contributed by atoms with Gasteiger partial charge in [0.05, 0.1) is 5.60 Å². The maximum Gasteiger partial charge on any atom is 0.246 e. The van der Waals surface area contributed by atoms with E-state index in [0.29, 0.717) is 6.04 Å². The summed E-state index contributed by atoms with van der Waals surface area (Å²) in [6.45, 7) is 9.11. The van der Waals surface area contributed by atoms with Crippen LogP contribution in [0.2, 0.25) is 0 Å². The highest BCUT2D eigenvalue weighted by atomic mass is 16.5. The Bertz CT molecular complexity index is 299. The molecular weight excluding hydrogens is 242 g/mol. The van der Waals surface area contributed by atoms with Crippen molar-refractivity contribution < 1.29 is 9.53 Å². The minimum atomic E-state index is -0.143. The molecule has 1 unspecified atom stereocenters. The van der Waals surface area contributed by atoms with E-state index in [0.717, 1.165) is 32.7 Å². The number of nitrogens with zero attached hydrogens (tertiary/aromatic N) is 1. The molecule has 1 amide bonds. The first-order valence-corrected chi connectivity index (χ1v) is 7.44. The van der Waals surface area contributed by atoms with Crippen molar-refractivity contribution in [2.45, 2.75) is 44.8 Å². The number of carbonyl (C=O) groups excluding carboxylic acids is 1. The molecule has 5 nitrogen and oxygen atoms in total. The summed E-state index contributed by atoms with van der Waals surface area (Å²) in [6.07, 6.45) is 3.91. The van der Waals surface area contributed by atoms with Gasteiger partial charge in [-0.05, 0) is 39.8 Å². The topological polar surface area (TPSA) is 53.6 Å². The molecule has 2 aliphatic heterocycles. The zero-order valence-corrected chi connectivity index (χ0v) is 12.2. The minimum absolute atomic E-state index is 0.00279. The van der Waals surface area contributed by atoms with Gasteiger partial charge < -0.3 is 15.4 Å². The van der Waals surface area contributed by atoms with Gasteiger partial charge in [0.15, 0.2) is 0 Å². The smallest absolute Gasteiger partial charge is 0.246 e. The van der Waals surface area contributed by atoms with Crippen molar-refractivity contribution in [3.63, 3.8) is 0 Å². The third-order valence-electron chi connectivity index (χ3n) is 4.16. The molecule has 2 aliphatic rings. The molecule has 0 aromatic carbocycles. The standard InChI is InChI=1S/C14H27N3O2/c1-12(17-6-4-3-5-7-17)8-16-13(18)9-19-14(2)10-15-11-14/h12,15H,3-11H2,1-2H3,(H,16,18). The van der Waals surface area contributed by atoms with Crippen LogP contribution in [-0.2, 0) is 9.53 Å². The van der Waals surface area contributed by atoms with Crippen LogP contribution in [0.15, 0.2) is 0 Å². The normalized spacial score (nSPS) is 24.5. The monoisotopic (exact) mass is 269 g/mol. The van der Waals surface area contributed by atoms with E-state index in [2.05, 4.69) is 22.5 Å². The number of carbonyl (C=O) groups is 1. The Morgan fingerprint density at radius 1 is 1.37 bits per heavy atom. The fourth-order valence-electron chi connectivity index (χ4n) is 2.62. The van der Waals surface area contributed by atoms with Crippen molar-refractivity contribution in [3.8, 4) is 0 Å². The lowest BCUT2D eigenvalue weighted by atomic mass is 10.0. The van der Waals surface area contributed by atoms with Crippen molar-refractivity contribution in [1.29, 1.82) is 0 Å². The molecule has 0 aromatic heterocycles. The number of nitrogens with one attached hydrogen (secondary N) is 2. The first-order chi connectivity index (χ1) is 9.09. The van der Waals surface area contributed by atoms with Crippen LogP contribution in [0.3, 0.4) is 0 Å². The van der Waals surface area contributed by atoms with E-state index in [1.54, 1.807) is 0 Å². The van der Waals surface area contributed by atoms with Crippen molar-refractivity contribution in [2.24, 2.45) is 0 Å². The van der Waals surface area contributed by atoms with Gasteiger partial charge in [0.1, 0.15) is 6.61 Å². The van der Waals surface area contributed by atoms with Gasteiger partial charge in [-0.3, -0.25) is 9.69 Å². The van der Waals surface area contributed by atoms with Gasteiger partial charge in [0.25, 0.3) is 0 Å². The summed E-state index contributed by atoms with van der Waals surface area (Å²) < 4.78 is 5.62. The molecule has 2 N–H and O–H groups in total. The van der Waals surface area contributed by atoms with E-state index in [9.17, 15) is 4.79 Å². The van der Waals surface area contributed by atoms with Gasteiger partial charge in [-0.25, -0.2) is 0 Å². The van der Waals surface area contributed by atoms with E-state index >= 15 is 0 Å². The molecule has 110 valence electrons. The Hall–Kier alpha value is -0.650. The van der Waals surface area contributed by atoms with E-state index in [1.165, 1.54) is 19.3 Å². The number of rotatable bonds is 6. The molecule has 19 heavy (non-hydrogen) atoms. The number of piperidine rings is 1. The van der Waals surface area contributed by atoms with Gasteiger partial charge in [-0.1, -0.05) is 6.42 Å². The van der Waals surface area contributed by atoms with Gasteiger partial charge in [-0.2, -0.15) is 0 Å². The predicted octanol–water partition coefficient (Wildman–Crippen LogP) is 0.356. The highest BCUT2D eigenvalue weighted by Gasteiger charge is 2.33. The average Bonchev–Trinajstić information content (AvgIpc) is 2.41. The molecule has 2 heterocycles. The molecule has 1 atom stereocenters. The maximum atomic E-state index is 11.7. The van der Waals surface area contributed by atoms with Crippen LogP contribution in [0.1, 0.15) is 33.1 Å². The summed E-state index contributed by atoms with van der Waals surface area (Å²) in [5, 5.41) is 6.13. The Labute approximate surface area is 116 Å². The van der Waals surface area contributed by atoms with Crippen molar-refractivity contribution in [1.82, 2.24) is 15.5 Å². The van der Waals surface area contributed by atoms with Crippen LogP contribution < -0.4 is 10.6 Å². The van der Waals surface area contributed by atoms with E-state index in [-0.39, 0.29) is 18.1 Å². The third kappa shape index (κ3) is 4.44. The first-order valence-electron chi connectivity index (χ1n) is 7.44.